The average Bonchev–Trinajstić information content (AvgIpc) is 3.82. The minimum Gasteiger partial charge on any atom is -0.150 e. The Labute approximate surface area is 358 Å². The van der Waals surface area contributed by atoms with Crippen LogP contribution in [0.15, 0.2) is 194 Å². The Morgan fingerprint density at radius 3 is 1.41 bits per heavy atom. The molecule has 8 rings (SSSR count). The molecule has 0 bridgehead atoms. The SMILES string of the molecule is Cc1cc2c(-c3ccccc3)cccc2[cH-]1.Cc1cc2c(-c3ccccc3)cccc2[cH-]1.O=C[NH][Ga][NH]C=O.[C-](=CC=Cc1ccccc1)c1ccccc1.[Zr+3]. The number of allylic oxidation sites excluding steroid dienone is 2. The molecule has 2 radical (unpaired) electrons. The van der Waals surface area contributed by atoms with Crippen LogP contribution in [0.1, 0.15) is 22.3 Å². The van der Waals surface area contributed by atoms with Gasteiger partial charge in [0, 0.05) is 0 Å². The Bertz CT molecular complexity index is 2230. The van der Waals surface area contributed by atoms with E-state index in [1.165, 1.54) is 60.5 Å². The molecule has 0 aliphatic carbocycles. The number of aryl methyl sites for hydroxylation is 2. The number of carbonyl (C=O) groups excluding carboxylic acids is 2. The second-order valence-corrected chi connectivity index (χ2v) is 14.6. The van der Waals surface area contributed by atoms with Crippen molar-refractivity contribution in [2.45, 2.75) is 13.8 Å². The molecule has 0 spiro atoms. The molecule has 0 saturated heterocycles. The molecule has 8 aromatic rings. The third kappa shape index (κ3) is 13.6. The fraction of sp³-hybridized carbons (Fsp3) is 0.0400. The summed E-state index contributed by atoms with van der Waals surface area (Å²) in [7, 11) is 0. The van der Waals surface area contributed by atoms with Gasteiger partial charge < -0.3 is 0 Å². The van der Waals surface area contributed by atoms with Crippen molar-refractivity contribution in [2.24, 2.45) is 0 Å². The number of carbonyl (C=O) groups is 2. The Hall–Kier alpha value is -5.52. The van der Waals surface area contributed by atoms with E-state index in [0.29, 0.717) is 12.8 Å². The molecule has 4 nitrogen and oxygen atoms in total. The van der Waals surface area contributed by atoms with E-state index < -0.39 is 17.9 Å². The van der Waals surface area contributed by atoms with Gasteiger partial charge in [-0.25, -0.2) is 0 Å². The van der Waals surface area contributed by atoms with Gasteiger partial charge in [-0.15, -0.1) is 117 Å². The van der Waals surface area contributed by atoms with Gasteiger partial charge >= 0.3 is 74.6 Å². The first kappa shape index (κ1) is 43.2. The van der Waals surface area contributed by atoms with Crippen LogP contribution in [0, 0.1) is 19.9 Å². The zero-order valence-electron chi connectivity index (χ0n) is 31.6. The maximum absolute atomic E-state index is 9.45. The van der Waals surface area contributed by atoms with E-state index in [-0.39, 0.29) is 26.2 Å². The largest absolute Gasteiger partial charge is 3.00 e. The van der Waals surface area contributed by atoms with Gasteiger partial charge in [0.05, 0.1) is 0 Å². The van der Waals surface area contributed by atoms with Crippen LogP contribution < -0.4 is 8.05 Å². The van der Waals surface area contributed by atoms with E-state index in [0.717, 1.165) is 5.56 Å². The van der Waals surface area contributed by atoms with Gasteiger partial charge in [0.25, 0.3) is 0 Å². The van der Waals surface area contributed by atoms with Gasteiger partial charge in [-0.3, -0.25) is 0 Å². The van der Waals surface area contributed by atoms with E-state index in [2.05, 4.69) is 168 Å². The van der Waals surface area contributed by atoms with Crippen molar-refractivity contribution in [2.75, 3.05) is 0 Å². The maximum Gasteiger partial charge on any atom is 3.00 e. The summed E-state index contributed by atoms with van der Waals surface area (Å²) in [6, 6.07) is 63.4. The summed E-state index contributed by atoms with van der Waals surface area (Å²) in [6.07, 6.45) is 10.4. The Morgan fingerprint density at radius 2 is 0.964 bits per heavy atom. The van der Waals surface area contributed by atoms with Crippen molar-refractivity contribution in [3.05, 3.63) is 222 Å². The molecule has 0 aliphatic rings. The van der Waals surface area contributed by atoms with E-state index >= 15 is 0 Å². The Morgan fingerprint density at radius 1 is 0.536 bits per heavy atom. The zero-order valence-corrected chi connectivity index (χ0v) is 36.5. The van der Waals surface area contributed by atoms with Crippen molar-refractivity contribution in [3.63, 3.8) is 0 Å². The number of hydrogen-bond donors (Lipinski definition) is 2. The molecule has 0 heterocycles. The number of amides is 2. The van der Waals surface area contributed by atoms with Crippen LogP contribution in [-0.4, -0.2) is 30.7 Å². The first-order valence-corrected chi connectivity index (χ1v) is 20.5. The van der Waals surface area contributed by atoms with Gasteiger partial charge in [-0.2, -0.15) is 12.1 Å². The van der Waals surface area contributed by atoms with Crippen molar-refractivity contribution >= 4 is 58.3 Å². The molecule has 2 amide bonds. The fourth-order valence-electron chi connectivity index (χ4n) is 6.03. The molecule has 0 aliphatic heterocycles. The molecule has 0 fully saturated rings. The summed E-state index contributed by atoms with van der Waals surface area (Å²) in [5, 5.41) is 5.37. The van der Waals surface area contributed by atoms with Crippen LogP contribution in [0.3, 0.4) is 0 Å². The third-order valence-corrected chi connectivity index (χ3v) is 9.74. The van der Waals surface area contributed by atoms with Gasteiger partial charge in [0.2, 0.25) is 0 Å². The van der Waals surface area contributed by atoms with Crippen LogP contribution in [0.25, 0.3) is 49.9 Å². The van der Waals surface area contributed by atoms with Gasteiger partial charge in [-0.05, 0) is 16.7 Å². The predicted octanol–water partition coefficient (Wildman–Crippen LogP) is 11.2. The summed E-state index contributed by atoms with van der Waals surface area (Å²) in [5.74, 6) is 0. The van der Waals surface area contributed by atoms with Crippen molar-refractivity contribution in [3.8, 4) is 22.3 Å². The molecule has 0 saturated carbocycles. The average molecular weight is 865 g/mol. The van der Waals surface area contributed by atoms with Gasteiger partial charge in [0.1, 0.15) is 0 Å². The van der Waals surface area contributed by atoms with Crippen LogP contribution in [0.5, 0.6) is 0 Å². The Balaban J connectivity index is 0.000000171. The van der Waals surface area contributed by atoms with E-state index in [1.807, 2.05) is 60.7 Å². The molecule has 2 N–H and O–H groups in total. The predicted molar refractivity (Wildman–Crippen MR) is 232 cm³/mol. The molecule has 272 valence electrons. The summed E-state index contributed by atoms with van der Waals surface area (Å²) < 4.78 is 4.76. The number of benzene rings is 6. The zero-order chi connectivity index (χ0) is 38.5. The van der Waals surface area contributed by atoms with E-state index in [9.17, 15) is 9.59 Å². The monoisotopic (exact) mass is 862 g/mol. The van der Waals surface area contributed by atoms with Crippen molar-refractivity contribution < 1.29 is 35.8 Å². The molecule has 0 aromatic heterocycles. The first-order valence-electron chi connectivity index (χ1n) is 18.1. The molecule has 8 aromatic carbocycles. The smallest absolute Gasteiger partial charge is 0.150 e. The standard InChI is InChI=1S/3C16H13.2CH3NO.Ga.Zr/c2*1-12-10-14-8-5-9-15(16(14)11-12)13-6-3-2-4-7-13;1-3-9-15(10-4-1)13-7-8-14-16-11-5-2-6-12-16;2*2-1-3;;/h2*2-11H,1H3;1-13H;2*1H,(H2,2,3);;/q3*-1;;;+2;+3/p-2. The number of hydrogen-bond acceptors (Lipinski definition) is 2. The normalized spacial score (nSPS) is 10.2. The van der Waals surface area contributed by atoms with Gasteiger partial charge in [-0.1, -0.05) is 140 Å². The second-order valence-electron chi connectivity index (χ2n) is 12.6. The first-order chi connectivity index (χ1) is 27.1. The van der Waals surface area contributed by atoms with E-state index in [1.54, 1.807) is 0 Å². The van der Waals surface area contributed by atoms with Crippen molar-refractivity contribution in [1.82, 2.24) is 8.05 Å². The number of fused-ring (bicyclic) bond motifs is 2. The third-order valence-electron chi connectivity index (χ3n) is 8.47. The molecular formula is C50H43GaN2O2Zr. The quantitative estimate of drug-likeness (QED) is 0.0499. The molecule has 56 heavy (non-hydrogen) atoms. The number of nitrogens with one attached hydrogen (secondary N) is 2. The molecule has 0 atom stereocenters. The minimum atomic E-state index is -0.953. The number of rotatable bonds is 9. The summed E-state index contributed by atoms with van der Waals surface area (Å²) in [4.78, 5) is 18.9. The summed E-state index contributed by atoms with van der Waals surface area (Å²) in [6.45, 7) is 4.30. The van der Waals surface area contributed by atoms with Crippen LogP contribution in [0.2, 0.25) is 0 Å². The minimum absolute atomic E-state index is 0. The Kier molecular flexibility index (Phi) is 18.6. The fourth-order valence-corrected chi connectivity index (χ4v) is 6.51. The van der Waals surface area contributed by atoms with E-state index in [4.69, 9.17) is 0 Å². The molecule has 0 unspecified atom stereocenters. The molecular weight excluding hydrogens is 822 g/mol. The van der Waals surface area contributed by atoms with Crippen molar-refractivity contribution in [1.29, 1.82) is 0 Å². The van der Waals surface area contributed by atoms with Crippen LogP contribution in [-0.2, 0) is 35.8 Å². The second kappa shape index (κ2) is 24.1. The van der Waals surface area contributed by atoms with Crippen LogP contribution >= 0.6 is 0 Å². The molecule has 6 heteroatoms. The topological polar surface area (TPSA) is 58.2 Å². The summed E-state index contributed by atoms with van der Waals surface area (Å²) >= 11 is -0.953. The maximum atomic E-state index is 9.45. The van der Waals surface area contributed by atoms with Gasteiger partial charge in [0.15, 0.2) is 0 Å². The summed E-state index contributed by atoms with van der Waals surface area (Å²) in [5.41, 5.74) is 10.2. The van der Waals surface area contributed by atoms with Crippen LogP contribution in [0.4, 0.5) is 0 Å².